The van der Waals surface area contributed by atoms with Crippen molar-refractivity contribution in [3.63, 3.8) is 0 Å². The van der Waals surface area contributed by atoms with Crippen molar-refractivity contribution in [1.29, 1.82) is 0 Å². The van der Waals surface area contributed by atoms with Gasteiger partial charge in [0.25, 0.3) is 5.91 Å². The number of nitrogens with zero attached hydrogens (tertiary/aromatic N) is 2. The number of aliphatic hydroxyl groups excluding tert-OH is 3. The molecule has 0 spiro atoms. The molecule has 1 aromatic carbocycles. The van der Waals surface area contributed by atoms with E-state index in [9.17, 15) is 34.8 Å². The number of ketones is 2. The number of pyridine rings is 1. The molecule has 1 saturated carbocycles. The van der Waals surface area contributed by atoms with Gasteiger partial charge in [-0.05, 0) is 43.4 Å². The molecule has 0 radical (unpaired) electrons. The van der Waals surface area contributed by atoms with E-state index in [1.54, 1.807) is 44.4 Å². The molecule has 1 heterocycles. The maximum absolute atomic E-state index is 13.9. The van der Waals surface area contributed by atoms with Crippen molar-refractivity contribution in [2.45, 2.75) is 12.1 Å². The van der Waals surface area contributed by atoms with Crippen molar-refractivity contribution < 1.29 is 34.8 Å². The Morgan fingerprint density at radius 1 is 1.03 bits per heavy atom. The lowest BCUT2D eigenvalue weighted by Gasteiger charge is -2.49. The molecule has 0 saturated heterocycles. The second-order valence-electron chi connectivity index (χ2n) is 9.67. The number of hydrogen-bond acceptors (Lipinski definition) is 9. The Bertz CT molecular complexity index is 1460. The molecule has 5 atom stereocenters. The summed E-state index contributed by atoms with van der Waals surface area (Å²) in [5.74, 6) is -8.50. The van der Waals surface area contributed by atoms with Crippen molar-refractivity contribution in [2.75, 3.05) is 14.1 Å². The number of phenols is 1. The SMILES string of the molecule is C=C1c2ccc(-c3ccccn3)c(O)c2C(O)=C2C(=O)C3C(=O)C(C(N)=O)=C(O)[C@@H](N(C)C)[C@@H]3[C@@H](O)C12. The second kappa shape index (κ2) is 8.39. The molecule has 1 fully saturated rings. The zero-order valence-electron chi connectivity index (χ0n) is 20.0. The number of rotatable bonds is 3. The normalized spacial score (nSPS) is 27.2. The smallest absolute Gasteiger partial charge is 0.255 e. The van der Waals surface area contributed by atoms with E-state index >= 15 is 0 Å². The highest BCUT2D eigenvalue weighted by Gasteiger charge is 2.60. The van der Waals surface area contributed by atoms with Crippen molar-refractivity contribution in [2.24, 2.45) is 23.5 Å². The minimum absolute atomic E-state index is 0.0701. The zero-order chi connectivity index (χ0) is 26.9. The van der Waals surface area contributed by atoms with Crippen molar-refractivity contribution in [1.82, 2.24) is 9.88 Å². The highest BCUT2D eigenvalue weighted by atomic mass is 16.3. The van der Waals surface area contributed by atoms with Crippen molar-refractivity contribution in [3.8, 4) is 17.0 Å². The second-order valence-corrected chi connectivity index (χ2v) is 9.67. The van der Waals surface area contributed by atoms with E-state index < -0.39 is 64.5 Å². The summed E-state index contributed by atoms with van der Waals surface area (Å²) < 4.78 is 0. The lowest BCUT2D eigenvalue weighted by Crippen LogP contribution is -2.61. The molecule has 3 aliphatic rings. The fraction of sp³-hybridized carbons (Fsp3) is 0.259. The van der Waals surface area contributed by atoms with Gasteiger partial charge in [-0.2, -0.15) is 0 Å². The van der Waals surface area contributed by atoms with E-state index in [4.69, 9.17) is 5.73 Å². The summed E-state index contributed by atoms with van der Waals surface area (Å²) in [7, 11) is 3.13. The molecule has 5 rings (SSSR count). The Morgan fingerprint density at radius 3 is 2.30 bits per heavy atom. The number of hydrogen-bond donors (Lipinski definition) is 5. The largest absolute Gasteiger partial charge is 0.510 e. The molecular weight excluding hydrogens is 478 g/mol. The number of Topliss-reactive ketones (excluding diaryl/α,β-unsaturated/α-hetero) is 2. The van der Waals surface area contributed by atoms with Gasteiger partial charge in [-0.15, -0.1) is 0 Å². The Balaban J connectivity index is 1.74. The standard InChI is InChI=1S/C27H25N3O7/c1-10-11-7-8-12(13-6-4-5-9-29-13)21(31)15(11)23(33)17-14(10)22(32)16-18(24(17)34)25(35)19(27(28)37)26(36)20(16)30(2)3/h4-9,14,16,18,20,22,31-33,36H,1H2,2-3H3,(H2,28,37)/t14?,16-,18?,20+,22+/m1/s1. The minimum Gasteiger partial charge on any atom is -0.510 e. The van der Waals surface area contributed by atoms with Gasteiger partial charge in [-0.25, -0.2) is 0 Å². The van der Waals surface area contributed by atoms with Crippen LogP contribution >= 0.6 is 0 Å². The van der Waals surface area contributed by atoms with E-state index in [0.717, 1.165) is 0 Å². The van der Waals surface area contributed by atoms with Gasteiger partial charge in [0.15, 0.2) is 11.6 Å². The predicted molar refractivity (Wildman–Crippen MR) is 133 cm³/mol. The number of aromatic hydroxyl groups is 1. The average molecular weight is 504 g/mol. The van der Waals surface area contributed by atoms with Gasteiger partial charge in [0.1, 0.15) is 22.8 Å². The predicted octanol–water partition coefficient (Wildman–Crippen LogP) is 1.35. The molecule has 10 heteroatoms. The highest BCUT2D eigenvalue weighted by Crippen LogP contribution is 2.54. The van der Waals surface area contributed by atoms with Gasteiger partial charge in [-0.1, -0.05) is 18.7 Å². The van der Waals surface area contributed by atoms with Gasteiger partial charge in [0, 0.05) is 29.2 Å². The Hall–Kier alpha value is -4.28. The topological polar surface area (TPSA) is 174 Å². The van der Waals surface area contributed by atoms with Crippen LogP contribution in [-0.2, 0) is 14.4 Å². The first-order valence-corrected chi connectivity index (χ1v) is 11.5. The number of nitrogens with two attached hydrogens (primary N) is 1. The third-order valence-electron chi connectivity index (χ3n) is 7.54. The molecule has 2 unspecified atom stereocenters. The van der Waals surface area contributed by atoms with Crippen LogP contribution in [-0.4, -0.2) is 74.0 Å². The first kappa shape index (κ1) is 24.4. The molecule has 0 bridgehead atoms. The van der Waals surface area contributed by atoms with E-state index in [1.165, 1.54) is 11.1 Å². The molecule has 1 aromatic heterocycles. The fourth-order valence-electron chi connectivity index (χ4n) is 5.97. The number of phenolic OH excluding ortho intramolecular Hbond substituents is 1. The highest BCUT2D eigenvalue weighted by molar-refractivity contribution is 6.29. The number of carbonyl (C=O) groups is 3. The van der Waals surface area contributed by atoms with Gasteiger partial charge >= 0.3 is 0 Å². The van der Waals surface area contributed by atoms with E-state index in [-0.39, 0.29) is 22.5 Å². The van der Waals surface area contributed by atoms with Crippen LogP contribution in [0.2, 0.25) is 0 Å². The first-order valence-electron chi connectivity index (χ1n) is 11.5. The van der Waals surface area contributed by atoms with Crippen molar-refractivity contribution in [3.05, 3.63) is 71.1 Å². The van der Waals surface area contributed by atoms with Crippen LogP contribution in [0.1, 0.15) is 11.1 Å². The Kier molecular flexibility index (Phi) is 5.54. The van der Waals surface area contributed by atoms with E-state index in [1.807, 2.05) is 0 Å². The monoisotopic (exact) mass is 503 g/mol. The van der Waals surface area contributed by atoms with Gasteiger partial charge in [0.2, 0.25) is 0 Å². The zero-order valence-corrected chi connectivity index (χ0v) is 20.0. The summed E-state index contributed by atoms with van der Waals surface area (Å²) >= 11 is 0. The molecule has 10 nitrogen and oxygen atoms in total. The maximum atomic E-state index is 13.9. The number of aromatic nitrogens is 1. The summed E-state index contributed by atoms with van der Waals surface area (Å²) in [5.41, 5.74) is 5.57. The average Bonchev–Trinajstić information content (AvgIpc) is 2.84. The number of primary amides is 1. The maximum Gasteiger partial charge on any atom is 0.255 e. The summed E-state index contributed by atoms with van der Waals surface area (Å²) in [5, 5.41) is 44.8. The number of carbonyl (C=O) groups excluding carboxylic acids is 3. The minimum atomic E-state index is -1.59. The van der Waals surface area contributed by atoms with Crippen LogP contribution in [0.15, 0.2) is 60.0 Å². The first-order chi connectivity index (χ1) is 17.5. The molecule has 37 heavy (non-hydrogen) atoms. The van der Waals surface area contributed by atoms with Crippen molar-refractivity contribution >= 4 is 28.8 Å². The number of likely N-dealkylation sites (N-methyl/N-ethyl adjacent to an activating group) is 1. The van der Waals surface area contributed by atoms with Crippen LogP contribution in [0.25, 0.3) is 22.6 Å². The molecule has 2 aromatic rings. The number of benzene rings is 1. The van der Waals surface area contributed by atoms with Gasteiger partial charge < -0.3 is 26.2 Å². The lowest BCUT2D eigenvalue weighted by molar-refractivity contribution is -0.142. The van der Waals surface area contributed by atoms with Crippen LogP contribution < -0.4 is 5.73 Å². The molecule has 3 aliphatic carbocycles. The van der Waals surface area contributed by atoms with Gasteiger partial charge in [-0.3, -0.25) is 24.3 Å². The molecule has 190 valence electrons. The van der Waals surface area contributed by atoms with E-state index in [2.05, 4.69) is 11.6 Å². The summed E-state index contributed by atoms with van der Waals surface area (Å²) in [6.07, 6.45) is 0.0867. The third kappa shape index (κ3) is 3.26. The quantitative estimate of drug-likeness (QED) is 0.306. The lowest BCUT2D eigenvalue weighted by atomic mass is 9.57. The summed E-state index contributed by atoms with van der Waals surface area (Å²) in [4.78, 5) is 44.9. The molecule has 6 N–H and O–H groups in total. The summed E-state index contributed by atoms with van der Waals surface area (Å²) in [6, 6.07) is 7.22. The Labute approximate surface area is 211 Å². The molecule has 1 amide bonds. The molecular formula is C27H25N3O7. The Morgan fingerprint density at radius 2 is 1.70 bits per heavy atom. The van der Waals surface area contributed by atoms with Crippen LogP contribution in [0, 0.1) is 17.8 Å². The van der Waals surface area contributed by atoms with Crippen LogP contribution in [0.5, 0.6) is 5.75 Å². The van der Waals surface area contributed by atoms with Crippen LogP contribution in [0.4, 0.5) is 0 Å². The third-order valence-corrected chi connectivity index (χ3v) is 7.54. The summed E-state index contributed by atoms with van der Waals surface area (Å²) in [6.45, 7) is 4.06. The number of fused-ring (bicyclic) bond motifs is 3. The number of aliphatic hydroxyl groups is 3. The van der Waals surface area contributed by atoms with Gasteiger partial charge in [0.05, 0.1) is 29.3 Å². The van der Waals surface area contributed by atoms with E-state index in [0.29, 0.717) is 16.8 Å². The fourth-order valence-corrected chi connectivity index (χ4v) is 5.97. The van der Waals surface area contributed by atoms with Crippen LogP contribution in [0.3, 0.4) is 0 Å². The number of amides is 1. The molecule has 0 aliphatic heterocycles.